The highest BCUT2D eigenvalue weighted by Gasteiger charge is 2.69. The smallest absolute Gasteiger partial charge is 0.235 e. The molecule has 5 N–H and O–H groups in total. The fourth-order valence-electron chi connectivity index (χ4n) is 7.58. The number of carbonyl (C=O) groups is 5. The molecule has 0 heterocycles. The first kappa shape index (κ1) is 31.1. The van der Waals surface area contributed by atoms with Gasteiger partial charge in [-0.2, -0.15) is 0 Å². The Kier molecular flexibility index (Phi) is 8.23. The van der Waals surface area contributed by atoms with Crippen molar-refractivity contribution >= 4 is 29.0 Å². The highest BCUT2D eigenvalue weighted by molar-refractivity contribution is 6.32. The zero-order chi connectivity index (χ0) is 32.1. The summed E-state index contributed by atoms with van der Waals surface area (Å²) in [5, 5.41) is 26.0. The molecule has 1 amide bonds. The first-order chi connectivity index (χ1) is 20.9. The standard InChI is InChI=1S/C34H36N2O8/c1-5-6-11-36-15-17-7-10-24(44-4)20(12-17)19-8-9-23(37)27-21(19)13-18-14-22-25(16(2)3)29(38)28(33(35)42)32(41)34(22,43)31(40)26(18)30(27)39/h1,7-10,12,16,18,22,25-26,28,36-37,43H,6,11,13-15H2,2-4H3,(H2,35,42)/t18-,22-,25-,26?,28?,34-/m0/s1. The zero-order valence-corrected chi connectivity index (χ0v) is 24.9. The van der Waals surface area contributed by atoms with Crippen LogP contribution in [-0.2, 0) is 32.1 Å². The SMILES string of the molecule is C#CCCNCc1ccc(OC)c(-c2ccc(O)c3c2C[C@H]2C[C@H]4[C@H](C(C)C)C(=O)C(C(N)=O)C(=O)[C@@]4(O)C(=O)C2C3=O)c1. The number of ketones is 4. The van der Waals surface area contributed by atoms with Crippen molar-refractivity contribution in [3.05, 3.63) is 47.0 Å². The largest absolute Gasteiger partial charge is 0.507 e. The van der Waals surface area contributed by atoms with Gasteiger partial charge in [-0.05, 0) is 59.6 Å². The van der Waals surface area contributed by atoms with Crippen molar-refractivity contribution in [1.29, 1.82) is 0 Å². The van der Waals surface area contributed by atoms with E-state index in [0.29, 0.717) is 42.0 Å². The molecule has 10 heteroatoms. The minimum Gasteiger partial charge on any atom is -0.507 e. The summed E-state index contributed by atoms with van der Waals surface area (Å²) in [7, 11) is 1.53. The number of terminal acetylenes is 1. The molecule has 10 nitrogen and oxygen atoms in total. The average Bonchev–Trinajstić information content (AvgIpc) is 2.97. The van der Waals surface area contributed by atoms with Gasteiger partial charge >= 0.3 is 0 Å². The summed E-state index contributed by atoms with van der Waals surface area (Å²) in [6, 6.07) is 8.70. The number of phenolic OH excluding ortho intramolecular Hbond substituents is 1. The van der Waals surface area contributed by atoms with Gasteiger partial charge in [0.15, 0.2) is 34.7 Å². The van der Waals surface area contributed by atoms with E-state index in [-0.39, 0.29) is 24.2 Å². The van der Waals surface area contributed by atoms with E-state index in [9.17, 15) is 34.2 Å². The number of Topliss-reactive ketones (excluding diaryl/α,β-unsaturated/α-hetero) is 4. The molecule has 230 valence electrons. The molecule has 5 rings (SSSR count). The van der Waals surface area contributed by atoms with Crippen molar-refractivity contribution in [2.24, 2.45) is 41.2 Å². The normalized spacial score (nSPS) is 27.8. The first-order valence-corrected chi connectivity index (χ1v) is 14.7. The lowest BCUT2D eigenvalue weighted by atomic mass is 9.49. The van der Waals surface area contributed by atoms with Gasteiger partial charge in [0.25, 0.3) is 0 Å². The number of fused-ring (bicyclic) bond motifs is 3. The molecule has 0 aliphatic heterocycles. The fourth-order valence-corrected chi connectivity index (χ4v) is 7.58. The molecule has 3 aliphatic carbocycles. The first-order valence-electron chi connectivity index (χ1n) is 14.7. The number of aromatic hydroxyl groups is 1. The molecule has 2 aromatic carbocycles. The third kappa shape index (κ3) is 4.71. The molecule has 2 unspecified atom stereocenters. The van der Waals surface area contributed by atoms with Crippen LogP contribution in [0.4, 0.5) is 0 Å². The number of primary amides is 1. The monoisotopic (exact) mass is 600 g/mol. The second-order valence-electron chi connectivity index (χ2n) is 12.3. The van der Waals surface area contributed by atoms with E-state index in [4.69, 9.17) is 16.9 Å². The number of aliphatic hydroxyl groups is 1. The second-order valence-corrected chi connectivity index (χ2v) is 12.3. The maximum absolute atomic E-state index is 14.1. The Bertz CT molecular complexity index is 1620. The summed E-state index contributed by atoms with van der Waals surface area (Å²) in [4.78, 5) is 67.2. The number of benzene rings is 2. The van der Waals surface area contributed by atoms with Crippen LogP contribution in [0.1, 0.15) is 48.2 Å². The van der Waals surface area contributed by atoms with Crippen LogP contribution in [0, 0.1) is 47.9 Å². The van der Waals surface area contributed by atoms with Crippen LogP contribution in [0.5, 0.6) is 11.5 Å². The Morgan fingerprint density at radius 3 is 2.52 bits per heavy atom. The Morgan fingerprint density at radius 1 is 1.16 bits per heavy atom. The topological polar surface area (TPSA) is 173 Å². The van der Waals surface area contributed by atoms with E-state index in [2.05, 4.69) is 11.2 Å². The molecule has 0 saturated heterocycles. The van der Waals surface area contributed by atoms with E-state index < -0.39 is 70.1 Å². The van der Waals surface area contributed by atoms with Gasteiger partial charge < -0.3 is 26.0 Å². The van der Waals surface area contributed by atoms with Crippen LogP contribution < -0.4 is 15.8 Å². The lowest BCUT2D eigenvalue weighted by Crippen LogP contribution is -2.71. The van der Waals surface area contributed by atoms with Crippen molar-refractivity contribution in [2.45, 2.75) is 45.3 Å². The van der Waals surface area contributed by atoms with E-state index >= 15 is 0 Å². The molecule has 0 radical (unpaired) electrons. The van der Waals surface area contributed by atoms with Crippen molar-refractivity contribution in [3.63, 3.8) is 0 Å². The fraction of sp³-hybridized carbons (Fsp3) is 0.441. The summed E-state index contributed by atoms with van der Waals surface area (Å²) in [6.07, 6.45) is 6.09. The minimum atomic E-state index is -2.73. The number of amides is 1. The molecule has 44 heavy (non-hydrogen) atoms. The van der Waals surface area contributed by atoms with Gasteiger partial charge in [0, 0.05) is 36.9 Å². The summed E-state index contributed by atoms with van der Waals surface area (Å²) in [5.74, 6) is -8.85. The number of carbonyl (C=O) groups excluding carboxylic acids is 5. The molecular weight excluding hydrogens is 564 g/mol. The van der Waals surface area contributed by atoms with Crippen molar-refractivity contribution < 1.29 is 38.9 Å². The van der Waals surface area contributed by atoms with Gasteiger partial charge in [-0.3, -0.25) is 24.0 Å². The van der Waals surface area contributed by atoms with Crippen molar-refractivity contribution in [2.75, 3.05) is 13.7 Å². The number of phenols is 1. The van der Waals surface area contributed by atoms with Crippen LogP contribution in [0.15, 0.2) is 30.3 Å². The van der Waals surface area contributed by atoms with Gasteiger partial charge in [0.2, 0.25) is 5.91 Å². The van der Waals surface area contributed by atoms with Gasteiger partial charge in [0.05, 0.1) is 18.6 Å². The summed E-state index contributed by atoms with van der Waals surface area (Å²) < 4.78 is 5.65. The van der Waals surface area contributed by atoms with Crippen LogP contribution >= 0.6 is 0 Å². The molecule has 3 aliphatic rings. The average molecular weight is 601 g/mol. The molecule has 2 saturated carbocycles. The number of nitrogens with two attached hydrogens (primary N) is 1. The molecule has 2 fully saturated rings. The zero-order valence-electron chi connectivity index (χ0n) is 24.9. The van der Waals surface area contributed by atoms with Crippen LogP contribution in [0.3, 0.4) is 0 Å². The number of hydrogen-bond donors (Lipinski definition) is 4. The lowest BCUT2D eigenvalue weighted by Gasteiger charge is -2.52. The second kappa shape index (κ2) is 11.6. The Hall–Kier alpha value is -4.33. The Balaban J connectivity index is 1.61. The number of nitrogens with one attached hydrogen (secondary N) is 1. The van der Waals surface area contributed by atoms with Gasteiger partial charge in [-0.15, -0.1) is 12.3 Å². The molecule has 0 bridgehead atoms. The molecular formula is C34H36N2O8. The quantitative estimate of drug-likeness (QED) is 0.201. The molecule has 2 aromatic rings. The Morgan fingerprint density at radius 2 is 1.89 bits per heavy atom. The van der Waals surface area contributed by atoms with Gasteiger partial charge in [-0.25, -0.2) is 0 Å². The van der Waals surface area contributed by atoms with E-state index in [0.717, 1.165) is 5.56 Å². The predicted octanol–water partition coefficient (Wildman–Crippen LogP) is 2.00. The Labute approximate surface area is 255 Å². The van der Waals surface area contributed by atoms with Crippen LogP contribution in [0.25, 0.3) is 11.1 Å². The highest BCUT2D eigenvalue weighted by atomic mass is 16.5. The van der Waals surface area contributed by atoms with E-state index in [1.54, 1.807) is 19.9 Å². The number of rotatable bonds is 8. The minimum absolute atomic E-state index is 0.00919. The molecule has 0 aromatic heterocycles. The maximum Gasteiger partial charge on any atom is 0.235 e. The summed E-state index contributed by atoms with van der Waals surface area (Å²) >= 11 is 0. The third-order valence-electron chi connectivity index (χ3n) is 9.53. The number of ether oxygens (including phenoxy) is 1. The van der Waals surface area contributed by atoms with Crippen LogP contribution in [0.2, 0.25) is 0 Å². The van der Waals surface area contributed by atoms with Crippen molar-refractivity contribution in [3.8, 4) is 35.0 Å². The molecule has 6 atom stereocenters. The predicted molar refractivity (Wildman–Crippen MR) is 159 cm³/mol. The third-order valence-corrected chi connectivity index (χ3v) is 9.53. The van der Waals surface area contributed by atoms with E-state index in [1.807, 2.05) is 18.2 Å². The number of methoxy groups -OCH3 is 1. The van der Waals surface area contributed by atoms with Crippen LogP contribution in [-0.4, -0.2) is 58.5 Å². The maximum atomic E-state index is 14.1. The number of hydrogen-bond acceptors (Lipinski definition) is 9. The van der Waals surface area contributed by atoms with E-state index in [1.165, 1.54) is 13.2 Å². The summed E-state index contributed by atoms with van der Waals surface area (Å²) in [5.41, 5.74) is 5.36. The molecule has 0 spiro atoms. The van der Waals surface area contributed by atoms with Gasteiger partial charge in [0.1, 0.15) is 11.5 Å². The lowest BCUT2D eigenvalue weighted by molar-refractivity contribution is -0.182. The summed E-state index contributed by atoms with van der Waals surface area (Å²) in [6.45, 7) is 4.59. The van der Waals surface area contributed by atoms with Crippen molar-refractivity contribution in [1.82, 2.24) is 5.32 Å². The highest BCUT2D eigenvalue weighted by Crippen LogP contribution is 2.54. The van der Waals surface area contributed by atoms with Gasteiger partial charge in [-0.1, -0.05) is 26.0 Å².